The summed E-state index contributed by atoms with van der Waals surface area (Å²) in [7, 11) is 0. The zero-order valence-electron chi connectivity index (χ0n) is 30.0. The van der Waals surface area contributed by atoms with Gasteiger partial charge in [0.1, 0.15) is 6.10 Å². The maximum Gasteiger partial charge on any atom is 0.410 e. The van der Waals surface area contributed by atoms with Crippen LogP contribution in [0.15, 0.2) is 36.0 Å². The van der Waals surface area contributed by atoms with Crippen LogP contribution >= 0.6 is 0 Å². The van der Waals surface area contributed by atoms with E-state index < -0.39 is 30.0 Å². The second kappa shape index (κ2) is 16.6. The minimum Gasteiger partial charge on any atom is -0.442 e. The molecule has 5 rings (SSSR count). The van der Waals surface area contributed by atoms with Crippen LogP contribution in [0.2, 0.25) is 0 Å². The Hall–Kier alpha value is -3.55. The number of piperidine rings is 1. The van der Waals surface area contributed by atoms with Crippen LogP contribution < -0.4 is 5.32 Å². The van der Waals surface area contributed by atoms with Gasteiger partial charge in [-0.05, 0) is 71.8 Å². The summed E-state index contributed by atoms with van der Waals surface area (Å²) in [4.78, 5) is 68.0. The Kier molecular flexibility index (Phi) is 12.6. The number of hydroxylamine groups is 2. The van der Waals surface area contributed by atoms with Gasteiger partial charge in [-0.3, -0.25) is 14.4 Å². The molecule has 8 unspecified atom stereocenters. The number of epoxide rings is 1. The Labute approximate surface area is 294 Å². The van der Waals surface area contributed by atoms with Gasteiger partial charge in [-0.25, -0.2) is 9.59 Å². The summed E-state index contributed by atoms with van der Waals surface area (Å²) in [5, 5.41) is 3.62. The minimum absolute atomic E-state index is 0.00839. The molecule has 0 aliphatic carbocycles. The zero-order valence-corrected chi connectivity index (χ0v) is 30.0. The molecule has 0 saturated carbocycles. The number of ether oxygens (including phenoxy) is 4. The Balaban J connectivity index is 1.06. The topological polar surface area (TPSA) is 153 Å². The van der Waals surface area contributed by atoms with Gasteiger partial charge in [0, 0.05) is 44.8 Å². The number of likely N-dealkylation sites (tertiary alicyclic amines) is 1. The zero-order chi connectivity index (χ0) is 36.0. The van der Waals surface area contributed by atoms with Gasteiger partial charge in [0.05, 0.1) is 48.6 Å². The second-order valence-corrected chi connectivity index (χ2v) is 14.5. The number of rotatable bonds is 11. The van der Waals surface area contributed by atoms with Crippen molar-refractivity contribution in [3.63, 3.8) is 0 Å². The van der Waals surface area contributed by atoms with E-state index in [4.69, 9.17) is 23.8 Å². The molecule has 0 aromatic heterocycles. The van der Waals surface area contributed by atoms with Crippen LogP contribution in [-0.2, 0) is 43.0 Å². The van der Waals surface area contributed by atoms with Gasteiger partial charge in [-0.1, -0.05) is 30.7 Å². The highest BCUT2D eigenvalue weighted by atomic mass is 16.7. The molecule has 50 heavy (non-hydrogen) atoms. The largest absolute Gasteiger partial charge is 0.442 e. The molecule has 0 aromatic carbocycles. The highest BCUT2D eigenvalue weighted by Gasteiger charge is 2.58. The van der Waals surface area contributed by atoms with E-state index in [1.807, 2.05) is 32.9 Å². The van der Waals surface area contributed by atoms with Crippen LogP contribution in [0.25, 0.3) is 0 Å². The lowest BCUT2D eigenvalue weighted by atomic mass is 9.87. The molecule has 9 atom stereocenters. The maximum atomic E-state index is 12.7. The average molecular weight is 700 g/mol. The Morgan fingerprint density at radius 3 is 2.40 bits per heavy atom. The molecule has 5 fully saturated rings. The number of imide groups is 1. The fraction of sp³-hybridized carbons (Fsp3) is 0.703. The summed E-state index contributed by atoms with van der Waals surface area (Å²) in [6.45, 7) is 11.3. The van der Waals surface area contributed by atoms with Gasteiger partial charge in [-0.2, -0.15) is 0 Å². The van der Waals surface area contributed by atoms with Crippen LogP contribution in [-0.4, -0.2) is 101 Å². The number of nitrogens with zero attached hydrogens (tertiary/aromatic N) is 2. The van der Waals surface area contributed by atoms with E-state index in [0.717, 1.165) is 31.3 Å². The van der Waals surface area contributed by atoms with Crippen molar-refractivity contribution in [1.29, 1.82) is 0 Å². The van der Waals surface area contributed by atoms with E-state index in [1.165, 1.54) is 6.08 Å². The van der Waals surface area contributed by atoms with Gasteiger partial charge in [0.15, 0.2) is 0 Å². The van der Waals surface area contributed by atoms with Crippen LogP contribution in [0.1, 0.15) is 98.8 Å². The Morgan fingerprint density at radius 1 is 1.02 bits per heavy atom. The van der Waals surface area contributed by atoms with Crippen LogP contribution in [0.3, 0.4) is 0 Å². The van der Waals surface area contributed by atoms with Crippen molar-refractivity contribution in [3.8, 4) is 0 Å². The molecular formula is C37H53N3O10. The third-order valence-corrected chi connectivity index (χ3v) is 10.4. The standard InChI is InChI=1S/C37H53N3O10/c1-23(9-12-28-21-37(27(5)49-37)22-29(48-28)20-35(44)50-40-33(42)15-16-34(40)43)10-13-31-24(2)19-30(26(4)47-31)38-32(41)14-11-25(3)46-36(45)39-17-7-6-8-18-39/h9-12,14,24-31H,6-8,13,15-22H2,1-5H3,(H,38,41)/b12-9+,14-11-,23-10+/t24?,25?,26?,27?,28?,29-,30?,31?,37?/m1/s1. The van der Waals surface area contributed by atoms with E-state index in [9.17, 15) is 24.0 Å². The van der Waals surface area contributed by atoms with E-state index in [2.05, 4.69) is 18.3 Å². The number of nitrogens with one attached hydrogen (secondary N) is 1. The molecule has 0 aromatic rings. The average Bonchev–Trinajstić information content (AvgIpc) is 3.57. The monoisotopic (exact) mass is 699 g/mol. The first-order chi connectivity index (χ1) is 23.8. The number of amides is 4. The van der Waals surface area contributed by atoms with E-state index in [-0.39, 0.29) is 73.2 Å². The van der Waals surface area contributed by atoms with Crippen LogP contribution in [0, 0.1) is 5.92 Å². The van der Waals surface area contributed by atoms with E-state index in [0.29, 0.717) is 37.4 Å². The highest BCUT2D eigenvalue weighted by molar-refractivity contribution is 6.01. The lowest BCUT2D eigenvalue weighted by Crippen LogP contribution is -2.50. The van der Waals surface area contributed by atoms with Gasteiger partial charge in [0.2, 0.25) is 5.91 Å². The van der Waals surface area contributed by atoms with Crippen molar-refractivity contribution in [2.24, 2.45) is 5.92 Å². The second-order valence-electron chi connectivity index (χ2n) is 14.5. The fourth-order valence-electron chi connectivity index (χ4n) is 7.26. The van der Waals surface area contributed by atoms with Crippen molar-refractivity contribution in [3.05, 3.63) is 36.0 Å². The van der Waals surface area contributed by atoms with E-state index >= 15 is 0 Å². The molecule has 5 aliphatic rings. The molecule has 5 aliphatic heterocycles. The molecule has 4 amide bonds. The molecule has 1 N–H and O–H groups in total. The van der Waals surface area contributed by atoms with Crippen molar-refractivity contribution in [2.75, 3.05) is 13.1 Å². The predicted octanol–water partition coefficient (Wildman–Crippen LogP) is 4.45. The van der Waals surface area contributed by atoms with Crippen molar-refractivity contribution < 1.29 is 47.8 Å². The summed E-state index contributed by atoms with van der Waals surface area (Å²) in [6, 6.07) is -0.140. The first-order valence-corrected chi connectivity index (χ1v) is 18.2. The Morgan fingerprint density at radius 2 is 1.72 bits per heavy atom. The molecule has 5 heterocycles. The molecular weight excluding hydrogens is 646 g/mol. The highest BCUT2D eigenvalue weighted by Crippen LogP contribution is 2.49. The summed E-state index contributed by atoms with van der Waals surface area (Å²) < 4.78 is 24.0. The molecule has 1 spiro atoms. The van der Waals surface area contributed by atoms with E-state index in [1.54, 1.807) is 17.9 Å². The quantitative estimate of drug-likeness (QED) is 0.142. The van der Waals surface area contributed by atoms with Crippen LogP contribution in [0.4, 0.5) is 4.79 Å². The number of carbonyl (C=O) groups excluding carboxylic acids is 5. The minimum atomic E-state index is -0.683. The smallest absolute Gasteiger partial charge is 0.410 e. The molecule has 13 heteroatoms. The summed E-state index contributed by atoms with van der Waals surface area (Å²) in [5.74, 6) is -1.74. The lowest BCUT2D eigenvalue weighted by molar-refractivity contribution is -0.200. The summed E-state index contributed by atoms with van der Waals surface area (Å²) in [6.07, 6.45) is 13.2. The van der Waals surface area contributed by atoms with Gasteiger partial charge >= 0.3 is 12.1 Å². The van der Waals surface area contributed by atoms with Gasteiger partial charge in [0.25, 0.3) is 11.8 Å². The third kappa shape index (κ3) is 10.0. The lowest BCUT2D eigenvalue weighted by Gasteiger charge is -2.39. The first kappa shape index (κ1) is 37.7. The molecule has 0 radical (unpaired) electrons. The fourth-order valence-corrected chi connectivity index (χ4v) is 7.26. The maximum absolute atomic E-state index is 12.7. The molecule has 276 valence electrons. The molecule has 13 nitrogen and oxygen atoms in total. The predicted molar refractivity (Wildman–Crippen MR) is 181 cm³/mol. The van der Waals surface area contributed by atoms with Crippen molar-refractivity contribution in [1.82, 2.24) is 15.3 Å². The summed E-state index contributed by atoms with van der Waals surface area (Å²) in [5.41, 5.74) is 0.676. The third-order valence-electron chi connectivity index (χ3n) is 10.4. The number of carbonyl (C=O) groups is 5. The normalized spacial score (nSPS) is 34.0. The number of hydrogen-bond donors (Lipinski definition) is 1. The van der Waals surface area contributed by atoms with Crippen molar-refractivity contribution >= 4 is 29.8 Å². The first-order valence-electron chi connectivity index (χ1n) is 18.2. The van der Waals surface area contributed by atoms with Crippen LogP contribution in [0.5, 0.6) is 0 Å². The SMILES string of the molecule is CC(/C=C/C1CC2(C[C@@H](CC(=O)ON3C(=O)CCC3=O)O1)OC2C)=C\CC1OC(C)C(NC(=O)/C=C\C(C)OC(=O)N2CCCCC2)CC1C. The van der Waals surface area contributed by atoms with Gasteiger partial charge in [-0.15, -0.1) is 5.06 Å². The van der Waals surface area contributed by atoms with Crippen molar-refractivity contribution in [2.45, 2.75) is 147 Å². The molecule has 0 bridgehead atoms. The summed E-state index contributed by atoms with van der Waals surface area (Å²) >= 11 is 0. The number of hydrogen-bond acceptors (Lipinski definition) is 10. The number of allylic oxidation sites excluding steroid dienone is 2. The molecule has 5 saturated heterocycles. The van der Waals surface area contributed by atoms with Gasteiger partial charge < -0.3 is 34.0 Å². The Bertz CT molecular complexity index is 1360.